The molecule has 0 unspecified atom stereocenters. The van der Waals surface area contributed by atoms with Gasteiger partial charge in [0.1, 0.15) is 16.6 Å². The Morgan fingerprint density at radius 2 is 2.20 bits per heavy atom. The van der Waals surface area contributed by atoms with Crippen LogP contribution in [0.4, 0.5) is 0 Å². The van der Waals surface area contributed by atoms with Crippen LogP contribution in [0.15, 0.2) is 27.6 Å². The Balaban J connectivity index is 2.32. The fourth-order valence-electron chi connectivity index (χ4n) is 1.55. The number of amides is 1. The number of rotatable bonds is 3. The van der Waals surface area contributed by atoms with Crippen LogP contribution in [-0.4, -0.2) is 37.9 Å². The van der Waals surface area contributed by atoms with E-state index in [1.807, 2.05) is 0 Å². The zero-order chi connectivity index (χ0) is 14.9. The number of carbonyl (C=O) groups excluding carboxylic acids is 1. The summed E-state index contributed by atoms with van der Waals surface area (Å²) < 4.78 is 0.945. The first-order valence-electron chi connectivity index (χ1n) is 5.34. The predicted octanol–water partition coefficient (Wildman–Crippen LogP) is 2.44. The molecule has 1 aromatic rings. The second-order valence-corrected chi connectivity index (χ2v) is 6.46. The van der Waals surface area contributed by atoms with Gasteiger partial charge in [-0.2, -0.15) is 0 Å². The third-order valence-corrected chi connectivity index (χ3v) is 4.31. The van der Waals surface area contributed by atoms with Crippen LogP contribution in [-0.2, 0) is 9.59 Å². The lowest BCUT2D eigenvalue weighted by atomic mass is 10.2. The monoisotopic (exact) mass is 373 g/mol. The Morgan fingerprint density at radius 3 is 2.85 bits per heavy atom. The van der Waals surface area contributed by atoms with Gasteiger partial charge >= 0.3 is 5.97 Å². The highest BCUT2D eigenvalue weighted by molar-refractivity contribution is 9.10. The second-order valence-electron chi connectivity index (χ2n) is 3.86. The second kappa shape index (κ2) is 5.94. The molecule has 1 saturated heterocycles. The molecule has 0 saturated carbocycles. The van der Waals surface area contributed by atoms with E-state index in [2.05, 4.69) is 15.9 Å². The number of halogens is 1. The number of nitrogens with zero attached hydrogens (tertiary/aromatic N) is 1. The van der Waals surface area contributed by atoms with Crippen molar-refractivity contribution < 1.29 is 19.8 Å². The summed E-state index contributed by atoms with van der Waals surface area (Å²) in [5.41, 5.74) is 0.454. The van der Waals surface area contributed by atoms with Gasteiger partial charge in [0.2, 0.25) is 0 Å². The highest BCUT2D eigenvalue weighted by Gasteiger charge is 2.33. The normalized spacial score (nSPS) is 17.1. The number of carboxylic acid groups (broad SMARTS) is 1. The molecule has 1 aliphatic heterocycles. The maximum Gasteiger partial charge on any atom is 0.323 e. The third kappa shape index (κ3) is 3.20. The average molecular weight is 374 g/mol. The number of hydrogen-bond acceptors (Lipinski definition) is 5. The van der Waals surface area contributed by atoms with Crippen molar-refractivity contribution in [3.05, 3.63) is 33.1 Å². The van der Waals surface area contributed by atoms with Gasteiger partial charge in [-0.05, 0) is 24.3 Å². The minimum atomic E-state index is -1.13. The van der Waals surface area contributed by atoms with Crippen LogP contribution in [0.1, 0.15) is 5.56 Å². The number of aliphatic carboxylic acids is 1. The summed E-state index contributed by atoms with van der Waals surface area (Å²) in [7, 11) is 0. The van der Waals surface area contributed by atoms with Gasteiger partial charge in [-0.1, -0.05) is 39.9 Å². The quantitative estimate of drug-likeness (QED) is 0.625. The summed E-state index contributed by atoms with van der Waals surface area (Å²) in [6.07, 6.45) is 1.49. The molecular formula is C12H8BrNO4S2. The Morgan fingerprint density at radius 1 is 1.50 bits per heavy atom. The lowest BCUT2D eigenvalue weighted by Gasteiger charge is -2.10. The molecule has 0 atom stereocenters. The van der Waals surface area contributed by atoms with Crippen LogP contribution in [0.3, 0.4) is 0 Å². The summed E-state index contributed by atoms with van der Waals surface area (Å²) in [4.78, 5) is 24.0. The van der Waals surface area contributed by atoms with Gasteiger partial charge in [-0.15, -0.1) is 0 Å². The number of aromatic hydroxyl groups is 1. The molecule has 0 spiro atoms. The molecule has 1 aliphatic rings. The zero-order valence-electron chi connectivity index (χ0n) is 9.87. The first-order valence-corrected chi connectivity index (χ1v) is 7.36. The van der Waals surface area contributed by atoms with Gasteiger partial charge in [0.05, 0.1) is 4.91 Å². The summed E-state index contributed by atoms with van der Waals surface area (Å²) in [6, 6.07) is 4.81. The van der Waals surface area contributed by atoms with Crippen LogP contribution in [0.5, 0.6) is 5.75 Å². The molecule has 5 nitrogen and oxygen atoms in total. The van der Waals surface area contributed by atoms with Gasteiger partial charge in [0, 0.05) is 10.0 Å². The minimum Gasteiger partial charge on any atom is -0.507 e. The first-order chi connectivity index (χ1) is 9.38. The lowest BCUT2D eigenvalue weighted by Crippen LogP contribution is -2.33. The van der Waals surface area contributed by atoms with Crippen LogP contribution in [0, 0.1) is 0 Å². The molecular weight excluding hydrogens is 366 g/mol. The standard InChI is InChI=1S/C12H8BrNO4S2/c13-7-1-2-8(15)6(3-7)4-9-11(18)14(5-10(16)17)12(19)20-9/h1-4,15H,5H2,(H,16,17). The molecule has 2 N–H and O–H groups in total. The number of phenolic OH excluding ortho intramolecular Hbond substituents is 1. The fourth-order valence-corrected chi connectivity index (χ4v) is 3.18. The van der Waals surface area contributed by atoms with Gasteiger partial charge in [-0.25, -0.2) is 0 Å². The number of thioether (sulfide) groups is 1. The molecule has 0 radical (unpaired) electrons. The van der Waals surface area contributed by atoms with E-state index in [1.54, 1.807) is 12.1 Å². The first kappa shape index (κ1) is 15.0. The molecule has 0 bridgehead atoms. The van der Waals surface area contributed by atoms with Gasteiger partial charge in [0.15, 0.2) is 0 Å². The van der Waals surface area contributed by atoms with Gasteiger partial charge in [-0.3, -0.25) is 14.5 Å². The maximum absolute atomic E-state index is 12.0. The highest BCUT2D eigenvalue weighted by atomic mass is 79.9. The summed E-state index contributed by atoms with van der Waals surface area (Å²) in [5, 5.41) is 18.5. The van der Waals surface area contributed by atoms with Crippen molar-refractivity contribution in [1.29, 1.82) is 0 Å². The molecule has 20 heavy (non-hydrogen) atoms. The SMILES string of the molecule is O=C(O)CN1C(=O)C(=Cc2cc(Br)ccc2O)SC1=S. The van der Waals surface area contributed by atoms with Crippen molar-refractivity contribution in [3.63, 3.8) is 0 Å². The molecule has 0 aromatic heterocycles. The molecule has 0 aliphatic carbocycles. The Bertz CT molecular complexity index is 644. The predicted molar refractivity (Wildman–Crippen MR) is 83.3 cm³/mol. The molecule has 2 rings (SSSR count). The molecule has 104 valence electrons. The Kier molecular flexibility index (Phi) is 4.46. The number of carbonyl (C=O) groups is 2. The van der Waals surface area contributed by atoms with E-state index in [0.29, 0.717) is 5.56 Å². The lowest BCUT2D eigenvalue weighted by molar-refractivity contribution is -0.140. The van der Waals surface area contributed by atoms with Crippen LogP contribution >= 0.6 is 39.9 Å². The summed E-state index contributed by atoms with van der Waals surface area (Å²) in [6.45, 7) is -0.466. The fraction of sp³-hybridized carbons (Fsp3) is 0.0833. The van der Waals surface area contributed by atoms with Crippen molar-refractivity contribution in [2.24, 2.45) is 0 Å². The van der Waals surface area contributed by atoms with Crippen LogP contribution in [0.25, 0.3) is 6.08 Å². The number of carboxylic acids is 1. The maximum atomic E-state index is 12.0. The zero-order valence-corrected chi connectivity index (χ0v) is 13.1. The van der Waals surface area contributed by atoms with Crippen LogP contribution in [0.2, 0.25) is 0 Å². The number of thiocarbonyl (C=S) groups is 1. The average Bonchev–Trinajstić information content (AvgIpc) is 2.61. The third-order valence-electron chi connectivity index (χ3n) is 2.44. The van der Waals surface area contributed by atoms with Gasteiger partial charge < -0.3 is 10.2 Å². The molecule has 8 heteroatoms. The van der Waals surface area contributed by atoms with E-state index < -0.39 is 18.4 Å². The number of benzene rings is 1. The van der Waals surface area contributed by atoms with Crippen molar-refractivity contribution in [1.82, 2.24) is 4.90 Å². The van der Waals surface area contributed by atoms with Gasteiger partial charge in [0.25, 0.3) is 5.91 Å². The smallest absolute Gasteiger partial charge is 0.323 e. The van der Waals surface area contributed by atoms with E-state index in [-0.39, 0.29) is 15.0 Å². The summed E-state index contributed by atoms with van der Waals surface area (Å²) in [5.74, 6) is -1.58. The highest BCUT2D eigenvalue weighted by Crippen LogP contribution is 2.34. The van der Waals surface area contributed by atoms with E-state index in [4.69, 9.17) is 17.3 Å². The van der Waals surface area contributed by atoms with E-state index in [9.17, 15) is 14.7 Å². The number of hydrogen-bond donors (Lipinski definition) is 2. The van der Waals surface area contributed by atoms with Crippen molar-refractivity contribution in [2.75, 3.05) is 6.54 Å². The van der Waals surface area contributed by atoms with Crippen LogP contribution < -0.4 is 0 Å². The van der Waals surface area contributed by atoms with Crippen molar-refractivity contribution in [2.45, 2.75) is 0 Å². The minimum absolute atomic E-state index is 0.0247. The Hall–Kier alpha value is -1.38. The van der Waals surface area contributed by atoms with Crippen molar-refractivity contribution >= 4 is 62.2 Å². The molecule has 1 aromatic carbocycles. The number of phenols is 1. The van der Waals surface area contributed by atoms with E-state index in [0.717, 1.165) is 21.1 Å². The molecule has 1 amide bonds. The largest absolute Gasteiger partial charge is 0.507 e. The Labute approximate surface area is 132 Å². The molecule has 1 heterocycles. The van der Waals surface area contributed by atoms with E-state index >= 15 is 0 Å². The summed E-state index contributed by atoms with van der Waals surface area (Å²) >= 11 is 9.26. The topological polar surface area (TPSA) is 77.8 Å². The van der Waals surface area contributed by atoms with Crippen molar-refractivity contribution in [3.8, 4) is 5.75 Å². The van der Waals surface area contributed by atoms with E-state index in [1.165, 1.54) is 12.1 Å². The molecule has 1 fully saturated rings.